The molecule has 0 spiro atoms. The summed E-state index contributed by atoms with van der Waals surface area (Å²) in [5, 5.41) is 15.5. The average Bonchev–Trinajstić information content (AvgIpc) is 2.34. The maximum atomic E-state index is 12.1. The first kappa shape index (κ1) is 13.1. The zero-order valence-electron chi connectivity index (χ0n) is 10.6. The van der Waals surface area contributed by atoms with Crippen molar-refractivity contribution in [3.63, 3.8) is 0 Å². The summed E-state index contributed by atoms with van der Waals surface area (Å²) in [6, 6.07) is 9.25. The van der Waals surface area contributed by atoms with Crippen LogP contribution in [0.5, 0.6) is 0 Å². The highest BCUT2D eigenvalue weighted by atomic mass is 16.3. The third-order valence-electron chi connectivity index (χ3n) is 3.63. The normalized spacial score (nSPS) is 18.8. The van der Waals surface area contributed by atoms with Gasteiger partial charge in [-0.15, -0.1) is 0 Å². The smallest absolute Gasteiger partial charge is 0.223 e. The van der Waals surface area contributed by atoms with Crippen molar-refractivity contribution < 1.29 is 9.90 Å². The van der Waals surface area contributed by atoms with Crippen LogP contribution < -0.4 is 10.6 Å². The standard InChI is InChI=1S/C14H20N2O2/c1-10(12-7-15-8-12)14(18)16-13(9-17)11-5-3-2-4-6-11/h2-6,10,12-13,15,17H,7-9H2,1H3,(H,16,18). The predicted molar refractivity (Wildman–Crippen MR) is 69.9 cm³/mol. The minimum Gasteiger partial charge on any atom is -0.394 e. The second-order valence-corrected chi connectivity index (χ2v) is 4.86. The molecule has 1 fully saturated rings. The molecule has 1 saturated heterocycles. The molecular weight excluding hydrogens is 228 g/mol. The maximum absolute atomic E-state index is 12.1. The van der Waals surface area contributed by atoms with Gasteiger partial charge in [-0.25, -0.2) is 0 Å². The van der Waals surface area contributed by atoms with Crippen molar-refractivity contribution >= 4 is 5.91 Å². The van der Waals surface area contributed by atoms with Gasteiger partial charge in [0.2, 0.25) is 5.91 Å². The summed E-state index contributed by atoms with van der Waals surface area (Å²) in [4.78, 5) is 12.1. The molecule has 1 aromatic rings. The van der Waals surface area contributed by atoms with Gasteiger partial charge in [0.15, 0.2) is 0 Å². The Morgan fingerprint density at radius 3 is 2.61 bits per heavy atom. The molecule has 1 amide bonds. The first-order chi connectivity index (χ1) is 8.72. The molecule has 1 aromatic carbocycles. The minimum atomic E-state index is -0.311. The van der Waals surface area contributed by atoms with Gasteiger partial charge in [0.1, 0.15) is 0 Å². The van der Waals surface area contributed by atoms with E-state index in [1.54, 1.807) is 0 Å². The fraction of sp³-hybridized carbons (Fsp3) is 0.500. The zero-order valence-corrected chi connectivity index (χ0v) is 10.6. The second-order valence-electron chi connectivity index (χ2n) is 4.86. The number of aliphatic hydroxyl groups excluding tert-OH is 1. The zero-order chi connectivity index (χ0) is 13.0. The van der Waals surface area contributed by atoms with Crippen LogP contribution in [-0.2, 0) is 4.79 Å². The Labute approximate surface area is 107 Å². The van der Waals surface area contributed by atoms with Crippen LogP contribution >= 0.6 is 0 Å². The lowest BCUT2D eigenvalue weighted by atomic mass is 9.88. The van der Waals surface area contributed by atoms with Gasteiger partial charge >= 0.3 is 0 Å². The van der Waals surface area contributed by atoms with Crippen LogP contribution in [-0.4, -0.2) is 30.7 Å². The van der Waals surface area contributed by atoms with E-state index in [1.807, 2.05) is 37.3 Å². The number of rotatable bonds is 5. The van der Waals surface area contributed by atoms with Crippen molar-refractivity contribution in [3.8, 4) is 0 Å². The molecule has 1 aliphatic rings. The van der Waals surface area contributed by atoms with E-state index in [0.29, 0.717) is 5.92 Å². The van der Waals surface area contributed by atoms with E-state index in [4.69, 9.17) is 0 Å². The van der Waals surface area contributed by atoms with Crippen LogP contribution in [0.3, 0.4) is 0 Å². The van der Waals surface area contributed by atoms with Gasteiger partial charge in [0.05, 0.1) is 12.6 Å². The number of amides is 1. The van der Waals surface area contributed by atoms with Crippen LogP contribution in [0.25, 0.3) is 0 Å². The molecule has 1 aliphatic heterocycles. The summed E-state index contributed by atoms with van der Waals surface area (Å²) in [5.74, 6) is 0.425. The van der Waals surface area contributed by atoms with E-state index in [-0.39, 0.29) is 24.5 Å². The highest BCUT2D eigenvalue weighted by molar-refractivity contribution is 5.79. The third kappa shape index (κ3) is 2.89. The number of aliphatic hydroxyl groups is 1. The monoisotopic (exact) mass is 248 g/mol. The van der Waals surface area contributed by atoms with Gasteiger partial charge in [-0.1, -0.05) is 37.3 Å². The first-order valence-corrected chi connectivity index (χ1v) is 6.39. The van der Waals surface area contributed by atoms with E-state index in [0.717, 1.165) is 18.7 Å². The highest BCUT2D eigenvalue weighted by Gasteiger charge is 2.29. The lowest BCUT2D eigenvalue weighted by molar-refractivity contribution is -0.127. The third-order valence-corrected chi connectivity index (χ3v) is 3.63. The van der Waals surface area contributed by atoms with Crippen LogP contribution in [0.2, 0.25) is 0 Å². The molecule has 4 nitrogen and oxygen atoms in total. The van der Waals surface area contributed by atoms with Crippen molar-refractivity contribution in [2.75, 3.05) is 19.7 Å². The molecule has 98 valence electrons. The van der Waals surface area contributed by atoms with Crippen LogP contribution in [0, 0.1) is 11.8 Å². The molecule has 2 rings (SSSR count). The number of carbonyl (C=O) groups is 1. The lowest BCUT2D eigenvalue weighted by Gasteiger charge is -2.32. The number of hydrogen-bond donors (Lipinski definition) is 3. The van der Waals surface area contributed by atoms with E-state index in [9.17, 15) is 9.90 Å². The van der Waals surface area contributed by atoms with Crippen molar-refractivity contribution in [1.82, 2.24) is 10.6 Å². The summed E-state index contributed by atoms with van der Waals surface area (Å²) >= 11 is 0. The summed E-state index contributed by atoms with van der Waals surface area (Å²) in [6.45, 7) is 3.68. The van der Waals surface area contributed by atoms with Crippen molar-refractivity contribution in [2.24, 2.45) is 11.8 Å². The molecule has 1 heterocycles. The van der Waals surface area contributed by atoms with Crippen molar-refractivity contribution in [1.29, 1.82) is 0 Å². The molecule has 0 bridgehead atoms. The van der Waals surface area contributed by atoms with E-state index in [2.05, 4.69) is 10.6 Å². The largest absolute Gasteiger partial charge is 0.394 e. The highest BCUT2D eigenvalue weighted by Crippen LogP contribution is 2.18. The van der Waals surface area contributed by atoms with Gasteiger partial charge in [-0.05, 0) is 24.6 Å². The molecule has 0 aliphatic carbocycles. The Morgan fingerprint density at radius 1 is 1.44 bits per heavy atom. The van der Waals surface area contributed by atoms with Gasteiger partial charge in [0.25, 0.3) is 0 Å². The summed E-state index contributed by atoms with van der Waals surface area (Å²) in [6.07, 6.45) is 0. The number of hydrogen-bond acceptors (Lipinski definition) is 3. The van der Waals surface area contributed by atoms with E-state index >= 15 is 0 Å². The Balaban J connectivity index is 1.95. The van der Waals surface area contributed by atoms with Gasteiger partial charge in [-0.2, -0.15) is 0 Å². The van der Waals surface area contributed by atoms with Crippen LogP contribution in [0.1, 0.15) is 18.5 Å². The first-order valence-electron chi connectivity index (χ1n) is 6.39. The molecule has 2 unspecified atom stereocenters. The molecule has 18 heavy (non-hydrogen) atoms. The molecular formula is C14H20N2O2. The quantitative estimate of drug-likeness (QED) is 0.718. The topological polar surface area (TPSA) is 61.4 Å². The molecule has 0 saturated carbocycles. The number of nitrogens with one attached hydrogen (secondary N) is 2. The van der Waals surface area contributed by atoms with Crippen LogP contribution in [0.4, 0.5) is 0 Å². The lowest BCUT2D eigenvalue weighted by Crippen LogP contribution is -2.50. The van der Waals surface area contributed by atoms with E-state index < -0.39 is 0 Å². The van der Waals surface area contributed by atoms with Gasteiger partial charge in [-0.3, -0.25) is 4.79 Å². The SMILES string of the molecule is CC(C(=O)NC(CO)c1ccccc1)C1CNC1. The van der Waals surface area contributed by atoms with Crippen molar-refractivity contribution in [2.45, 2.75) is 13.0 Å². The maximum Gasteiger partial charge on any atom is 0.223 e. The van der Waals surface area contributed by atoms with Crippen molar-refractivity contribution in [3.05, 3.63) is 35.9 Å². The Morgan fingerprint density at radius 2 is 2.11 bits per heavy atom. The number of carbonyl (C=O) groups excluding carboxylic acids is 1. The predicted octanol–water partition coefficient (Wildman–Crippen LogP) is 0.692. The molecule has 0 aromatic heterocycles. The summed E-state index contributed by atoms with van der Waals surface area (Å²) in [5.41, 5.74) is 0.937. The minimum absolute atomic E-state index is 0.0102. The molecule has 0 radical (unpaired) electrons. The summed E-state index contributed by atoms with van der Waals surface area (Å²) < 4.78 is 0. The molecule has 4 heteroatoms. The fourth-order valence-corrected chi connectivity index (χ4v) is 2.10. The number of benzene rings is 1. The summed E-state index contributed by atoms with van der Waals surface area (Å²) in [7, 11) is 0. The Bertz CT molecular complexity index is 390. The Hall–Kier alpha value is -1.39. The second kappa shape index (κ2) is 5.98. The van der Waals surface area contributed by atoms with Gasteiger partial charge in [0, 0.05) is 5.92 Å². The van der Waals surface area contributed by atoms with E-state index in [1.165, 1.54) is 0 Å². The Kier molecular flexibility index (Phi) is 4.33. The van der Waals surface area contributed by atoms with Crippen LogP contribution in [0.15, 0.2) is 30.3 Å². The fourth-order valence-electron chi connectivity index (χ4n) is 2.10. The molecule has 2 atom stereocenters. The average molecular weight is 248 g/mol. The molecule has 3 N–H and O–H groups in total. The van der Waals surface area contributed by atoms with Gasteiger partial charge < -0.3 is 15.7 Å².